The molecule has 0 spiro atoms. The molecule has 2 aromatic rings. The van der Waals surface area contributed by atoms with E-state index in [9.17, 15) is 5.11 Å². The van der Waals surface area contributed by atoms with Gasteiger partial charge in [0.25, 0.3) is 0 Å². The number of nitrogens with one attached hydrogen (secondary N) is 1. The molecule has 1 aliphatic heterocycles. The van der Waals surface area contributed by atoms with Gasteiger partial charge in [0.1, 0.15) is 5.75 Å². The third-order valence-corrected chi connectivity index (χ3v) is 9.81. The normalized spacial score (nSPS) is 21.1. The molecule has 0 radical (unpaired) electrons. The van der Waals surface area contributed by atoms with E-state index in [1.165, 1.54) is 0 Å². The van der Waals surface area contributed by atoms with Crippen LogP contribution in [-0.2, 0) is 17.5 Å². The first-order chi connectivity index (χ1) is 11.5. The average Bonchev–Trinajstić information content (AvgIpc) is 2.78. The summed E-state index contributed by atoms with van der Waals surface area (Å²) in [7, 11) is -1.77. The number of ether oxygens (including phenoxy) is 1. The Morgan fingerprint density at radius 3 is 2.68 bits per heavy atom. The molecule has 0 fully saturated rings. The van der Waals surface area contributed by atoms with E-state index in [0.717, 1.165) is 34.3 Å². The molecule has 4 nitrogen and oxygen atoms in total. The lowest BCUT2D eigenvalue weighted by Crippen LogP contribution is -2.40. The Hall–Kier alpha value is -1.56. The van der Waals surface area contributed by atoms with E-state index in [0.29, 0.717) is 6.61 Å². The molecule has 1 atom stereocenters. The van der Waals surface area contributed by atoms with Gasteiger partial charge < -0.3 is 19.3 Å². The standard InChI is InChI=1S/C20H29NO3Si/c1-19(2,3)25(5,6)23-13-16-11-15-10-14-8-7-9-20(4,22)24-18(14)12-17(15)21-16/h7,9-12,21-22H,8,13H2,1-6H3. The molecule has 2 N–H and O–H groups in total. The van der Waals surface area contributed by atoms with Gasteiger partial charge in [-0.2, -0.15) is 0 Å². The van der Waals surface area contributed by atoms with Crippen molar-refractivity contribution in [3.05, 3.63) is 41.6 Å². The molecule has 0 saturated heterocycles. The topological polar surface area (TPSA) is 54.5 Å². The summed E-state index contributed by atoms with van der Waals surface area (Å²) in [5.41, 5.74) is 3.16. The number of hydrogen-bond donors (Lipinski definition) is 2. The van der Waals surface area contributed by atoms with Crippen molar-refractivity contribution in [3.63, 3.8) is 0 Å². The van der Waals surface area contributed by atoms with Gasteiger partial charge in [0.2, 0.25) is 5.79 Å². The number of aromatic amines is 1. The molecule has 0 saturated carbocycles. The molecule has 3 rings (SSSR count). The van der Waals surface area contributed by atoms with Crippen LogP contribution < -0.4 is 4.74 Å². The van der Waals surface area contributed by atoms with Crippen LogP contribution in [0.15, 0.2) is 30.4 Å². The molecular weight excluding hydrogens is 330 g/mol. The Balaban J connectivity index is 1.85. The molecule has 136 valence electrons. The number of hydrogen-bond acceptors (Lipinski definition) is 3. The summed E-state index contributed by atoms with van der Waals surface area (Å²) in [6.45, 7) is 13.5. The lowest BCUT2D eigenvalue weighted by molar-refractivity contribution is -0.0769. The first kappa shape index (κ1) is 18.2. The van der Waals surface area contributed by atoms with Crippen LogP contribution in [0.4, 0.5) is 0 Å². The van der Waals surface area contributed by atoms with Crippen molar-refractivity contribution in [2.45, 2.75) is 64.6 Å². The number of allylic oxidation sites excluding steroid dienone is 1. The highest BCUT2D eigenvalue weighted by atomic mass is 28.4. The fraction of sp³-hybridized carbons (Fsp3) is 0.500. The lowest BCUT2D eigenvalue weighted by atomic mass is 10.1. The molecule has 0 bridgehead atoms. The van der Waals surface area contributed by atoms with Gasteiger partial charge in [0.05, 0.1) is 6.61 Å². The molecule has 2 heterocycles. The smallest absolute Gasteiger partial charge is 0.225 e. The average molecular weight is 360 g/mol. The van der Waals surface area contributed by atoms with Crippen LogP contribution in [0.2, 0.25) is 18.1 Å². The van der Waals surface area contributed by atoms with Gasteiger partial charge in [-0.25, -0.2) is 0 Å². The van der Waals surface area contributed by atoms with Crippen molar-refractivity contribution in [3.8, 4) is 5.75 Å². The molecule has 1 aromatic carbocycles. The molecule has 1 aromatic heterocycles. The van der Waals surface area contributed by atoms with Crippen molar-refractivity contribution in [2.75, 3.05) is 0 Å². The molecule has 25 heavy (non-hydrogen) atoms. The summed E-state index contributed by atoms with van der Waals surface area (Å²) in [4.78, 5) is 3.43. The highest BCUT2D eigenvalue weighted by molar-refractivity contribution is 6.74. The summed E-state index contributed by atoms with van der Waals surface area (Å²) in [6, 6.07) is 6.25. The Morgan fingerprint density at radius 2 is 2.00 bits per heavy atom. The summed E-state index contributed by atoms with van der Waals surface area (Å²) in [5, 5.41) is 11.5. The monoisotopic (exact) mass is 359 g/mol. The second kappa shape index (κ2) is 6.00. The van der Waals surface area contributed by atoms with Crippen molar-refractivity contribution in [1.29, 1.82) is 0 Å². The minimum Gasteiger partial charge on any atom is -0.459 e. The second-order valence-electron chi connectivity index (χ2n) is 8.65. The Kier molecular flexibility index (Phi) is 4.38. The maximum Gasteiger partial charge on any atom is 0.225 e. The molecule has 1 unspecified atom stereocenters. The van der Waals surface area contributed by atoms with Gasteiger partial charge >= 0.3 is 0 Å². The summed E-state index contributed by atoms with van der Waals surface area (Å²) >= 11 is 0. The number of aliphatic hydroxyl groups is 1. The van der Waals surface area contributed by atoms with Gasteiger partial charge in [-0.3, -0.25) is 0 Å². The minimum atomic E-state index is -1.77. The zero-order chi connectivity index (χ0) is 18.5. The van der Waals surface area contributed by atoms with E-state index in [4.69, 9.17) is 9.16 Å². The van der Waals surface area contributed by atoms with Gasteiger partial charge in [0.15, 0.2) is 8.32 Å². The van der Waals surface area contributed by atoms with Crippen molar-refractivity contribution in [1.82, 2.24) is 4.98 Å². The summed E-state index contributed by atoms with van der Waals surface area (Å²) in [6.07, 6.45) is 4.40. The molecular formula is C20H29NO3Si. The molecule has 5 heteroatoms. The van der Waals surface area contributed by atoms with Gasteiger partial charge in [-0.05, 0) is 48.3 Å². The second-order valence-corrected chi connectivity index (χ2v) is 13.5. The van der Waals surface area contributed by atoms with Crippen LogP contribution in [-0.4, -0.2) is 24.2 Å². The third-order valence-electron chi connectivity index (χ3n) is 5.33. The SMILES string of the molecule is CC1(O)C=CCc2cc3cc(CO[Si](C)(C)C(C)(C)C)[nH]c3cc2O1. The molecule has 0 aliphatic carbocycles. The predicted molar refractivity (Wildman–Crippen MR) is 104 cm³/mol. The summed E-state index contributed by atoms with van der Waals surface area (Å²) < 4.78 is 12.1. The third kappa shape index (κ3) is 3.83. The quantitative estimate of drug-likeness (QED) is 0.606. The van der Waals surface area contributed by atoms with E-state index in [1.807, 2.05) is 12.1 Å². The molecule has 1 aliphatic rings. The number of aromatic nitrogens is 1. The van der Waals surface area contributed by atoms with Gasteiger partial charge in [-0.1, -0.05) is 26.8 Å². The predicted octanol–water partition coefficient (Wildman–Crippen LogP) is 4.89. The number of fused-ring (bicyclic) bond motifs is 2. The highest BCUT2D eigenvalue weighted by Gasteiger charge is 2.37. The summed E-state index contributed by atoms with van der Waals surface area (Å²) in [5.74, 6) is -0.541. The zero-order valence-corrected chi connectivity index (χ0v) is 17.1. The van der Waals surface area contributed by atoms with Crippen LogP contribution in [0.1, 0.15) is 39.0 Å². The molecule has 0 amide bonds. The van der Waals surface area contributed by atoms with Crippen LogP contribution in [0.25, 0.3) is 10.9 Å². The van der Waals surface area contributed by atoms with E-state index in [-0.39, 0.29) is 5.04 Å². The first-order valence-corrected chi connectivity index (χ1v) is 11.8. The first-order valence-electron chi connectivity index (χ1n) is 8.84. The van der Waals surface area contributed by atoms with Crippen molar-refractivity contribution in [2.24, 2.45) is 0 Å². The maximum absolute atomic E-state index is 10.2. The van der Waals surface area contributed by atoms with Crippen LogP contribution in [0, 0.1) is 0 Å². The van der Waals surface area contributed by atoms with E-state index >= 15 is 0 Å². The number of rotatable bonds is 3. The largest absolute Gasteiger partial charge is 0.459 e. The number of H-pyrrole nitrogens is 1. The van der Waals surface area contributed by atoms with Crippen LogP contribution in [0.5, 0.6) is 5.75 Å². The minimum absolute atomic E-state index is 0.197. The van der Waals surface area contributed by atoms with Gasteiger partial charge in [0, 0.05) is 29.6 Å². The van der Waals surface area contributed by atoms with Crippen LogP contribution in [0.3, 0.4) is 0 Å². The van der Waals surface area contributed by atoms with E-state index in [1.54, 1.807) is 13.0 Å². The maximum atomic E-state index is 10.2. The van der Waals surface area contributed by atoms with Crippen LogP contribution >= 0.6 is 0 Å². The number of benzene rings is 1. The fourth-order valence-corrected chi connectivity index (χ4v) is 3.69. The van der Waals surface area contributed by atoms with Gasteiger partial charge in [-0.15, -0.1) is 0 Å². The lowest BCUT2D eigenvalue weighted by Gasteiger charge is -2.36. The van der Waals surface area contributed by atoms with E-state index in [2.05, 4.69) is 51.0 Å². The Morgan fingerprint density at radius 1 is 1.28 bits per heavy atom. The van der Waals surface area contributed by atoms with Crippen molar-refractivity contribution < 1.29 is 14.3 Å². The fourth-order valence-electron chi connectivity index (χ4n) is 2.74. The Labute approximate surface area is 151 Å². The van der Waals surface area contributed by atoms with Crippen molar-refractivity contribution >= 4 is 19.2 Å². The highest BCUT2D eigenvalue weighted by Crippen LogP contribution is 2.37. The van der Waals surface area contributed by atoms with E-state index < -0.39 is 14.1 Å². The Bertz CT molecular complexity index is 812. The zero-order valence-electron chi connectivity index (χ0n) is 16.1.